The maximum Gasteiger partial charge on any atom is 0.00965 e. The lowest BCUT2D eigenvalue weighted by atomic mass is 9.71. The van der Waals surface area contributed by atoms with Crippen molar-refractivity contribution in [2.24, 2.45) is 34.5 Å². The van der Waals surface area contributed by atoms with E-state index in [0.29, 0.717) is 10.8 Å². The molecule has 27 heavy (non-hydrogen) atoms. The van der Waals surface area contributed by atoms with E-state index in [4.69, 9.17) is 0 Å². The minimum absolute atomic E-state index is 0.507. The molecule has 2 heterocycles. The summed E-state index contributed by atoms with van der Waals surface area (Å²) in [5.41, 5.74) is 1.05. The second kappa shape index (κ2) is 7.63. The number of rotatable bonds is 6. The monoisotopic (exact) mass is 374 g/mol. The SMILES string of the molecule is CC(C)(C)C1CCN(CC2CC2CC(C)(C)C2CCCN(C3CC3)C2)CC1. The van der Waals surface area contributed by atoms with Crippen molar-refractivity contribution in [1.82, 2.24) is 9.80 Å². The highest BCUT2D eigenvalue weighted by atomic mass is 15.2. The van der Waals surface area contributed by atoms with Gasteiger partial charge in [-0.05, 0) is 106 Å². The molecular formula is C25H46N2. The molecular weight excluding hydrogens is 328 g/mol. The van der Waals surface area contributed by atoms with Gasteiger partial charge in [-0.3, -0.25) is 0 Å². The largest absolute Gasteiger partial charge is 0.303 e. The molecule has 4 fully saturated rings. The van der Waals surface area contributed by atoms with Crippen LogP contribution in [0.4, 0.5) is 0 Å². The van der Waals surface area contributed by atoms with Crippen molar-refractivity contribution in [3.05, 3.63) is 0 Å². The van der Waals surface area contributed by atoms with Gasteiger partial charge in [-0.25, -0.2) is 0 Å². The summed E-state index contributed by atoms with van der Waals surface area (Å²) in [5.74, 6) is 3.91. The average molecular weight is 375 g/mol. The summed E-state index contributed by atoms with van der Waals surface area (Å²) in [4.78, 5) is 5.63. The van der Waals surface area contributed by atoms with E-state index in [1.54, 1.807) is 0 Å². The summed E-state index contributed by atoms with van der Waals surface area (Å²) >= 11 is 0. The Hall–Kier alpha value is -0.0800. The van der Waals surface area contributed by atoms with Crippen LogP contribution < -0.4 is 0 Å². The molecule has 0 spiro atoms. The average Bonchev–Trinajstić information content (AvgIpc) is 3.52. The van der Waals surface area contributed by atoms with Crippen LogP contribution in [0.15, 0.2) is 0 Å². The van der Waals surface area contributed by atoms with Crippen LogP contribution in [-0.2, 0) is 0 Å². The quantitative estimate of drug-likeness (QED) is 0.591. The van der Waals surface area contributed by atoms with Crippen LogP contribution in [0, 0.1) is 34.5 Å². The molecule has 2 aliphatic carbocycles. The molecule has 156 valence electrons. The summed E-state index contributed by atoms with van der Waals surface area (Å²) in [5, 5.41) is 0. The topological polar surface area (TPSA) is 6.48 Å². The second-order valence-corrected chi connectivity index (χ2v) is 12.5. The minimum atomic E-state index is 0.507. The summed E-state index contributed by atoms with van der Waals surface area (Å²) < 4.78 is 0. The zero-order valence-corrected chi connectivity index (χ0v) is 19.0. The highest BCUT2D eigenvalue weighted by Gasteiger charge is 2.45. The Labute approximate surface area is 169 Å². The maximum absolute atomic E-state index is 2.83. The van der Waals surface area contributed by atoms with Gasteiger partial charge >= 0.3 is 0 Å². The zero-order valence-electron chi connectivity index (χ0n) is 19.0. The molecule has 0 N–H and O–H groups in total. The standard InChI is InChI=1S/C25H46N2/c1-24(2,3)21-10-13-26(14-11-21)17-20-15-19(20)16-25(4,5)22-7-6-12-27(18-22)23-8-9-23/h19-23H,6-18H2,1-5H3. The van der Waals surface area contributed by atoms with Crippen LogP contribution in [0.1, 0.15) is 86.0 Å². The Kier molecular flexibility index (Phi) is 5.71. The van der Waals surface area contributed by atoms with Crippen molar-refractivity contribution >= 4 is 0 Å². The van der Waals surface area contributed by atoms with Gasteiger partial charge in [-0.15, -0.1) is 0 Å². The van der Waals surface area contributed by atoms with Crippen LogP contribution in [0.3, 0.4) is 0 Å². The predicted molar refractivity (Wildman–Crippen MR) is 116 cm³/mol. The zero-order chi connectivity index (χ0) is 19.2. The van der Waals surface area contributed by atoms with Crippen molar-refractivity contribution in [2.75, 3.05) is 32.7 Å². The Balaban J connectivity index is 1.20. The number of hydrogen-bond acceptors (Lipinski definition) is 2. The first-order valence-corrected chi connectivity index (χ1v) is 12.2. The molecule has 2 saturated heterocycles. The third-order valence-corrected chi connectivity index (χ3v) is 8.78. The number of likely N-dealkylation sites (tertiary alicyclic amines) is 2. The molecule has 2 heteroatoms. The summed E-state index contributed by atoms with van der Waals surface area (Å²) in [6.45, 7) is 19.4. The van der Waals surface area contributed by atoms with E-state index < -0.39 is 0 Å². The molecule has 0 aromatic heterocycles. The molecule has 0 aromatic rings. The highest BCUT2D eigenvalue weighted by Crippen LogP contribution is 2.51. The molecule has 2 saturated carbocycles. The molecule has 3 unspecified atom stereocenters. The van der Waals surface area contributed by atoms with Gasteiger partial charge in [0.25, 0.3) is 0 Å². The van der Waals surface area contributed by atoms with Crippen molar-refractivity contribution < 1.29 is 0 Å². The van der Waals surface area contributed by atoms with E-state index in [1.165, 1.54) is 84.1 Å². The number of nitrogens with zero attached hydrogens (tertiary/aromatic N) is 2. The van der Waals surface area contributed by atoms with Crippen LogP contribution in [-0.4, -0.2) is 48.6 Å². The molecule has 2 aliphatic heterocycles. The van der Waals surface area contributed by atoms with E-state index in [-0.39, 0.29) is 0 Å². The van der Waals surface area contributed by atoms with E-state index in [0.717, 1.165) is 29.7 Å². The van der Waals surface area contributed by atoms with Crippen molar-refractivity contribution in [3.8, 4) is 0 Å². The lowest BCUT2D eigenvalue weighted by molar-refractivity contribution is 0.0703. The maximum atomic E-state index is 2.83. The van der Waals surface area contributed by atoms with Crippen LogP contribution >= 0.6 is 0 Å². The third-order valence-electron chi connectivity index (χ3n) is 8.78. The molecule has 0 radical (unpaired) electrons. The Bertz CT molecular complexity index is 493. The fourth-order valence-corrected chi connectivity index (χ4v) is 6.36. The highest BCUT2D eigenvalue weighted by molar-refractivity contribution is 4.97. The van der Waals surface area contributed by atoms with Crippen LogP contribution in [0.25, 0.3) is 0 Å². The predicted octanol–water partition coefficient (Wildman–Crippen LogP) is 5.67. The van der Waals surface area contributed by atoms with E-state index in [9.17, 15) is 0 Å². The first-order chi connectivity index (χ1) is 12.7. The number of hydrogen-bond donors (Lipinski definition) is 0. The van der Waals surface area contributed by atoms with Gasteiger partial charge in [-0.1, -0.05) is 34.6 Å². The van der Waals surface area contributed by atoms with Gasteiger partial charge in [0.2, 0.25) is 0 Å². The third kappa shape index (κ3) is 5.10. The van der Waals surface area contributed by atoms with Gasteiger partial charge in [0.1, 0.15) is 0 Å². The molecule has 0 aromatic carbocycles. The Morgan fingerprint density at radius 3 is 2.11 bits per heavy atom. The normalized spacial score (nSPS) is 34.8. The number of piperidine rings is 2. The van der Waals surface area contributed by atoms with Crippen molar-refractivity contribution in [1.29, 1.82) is 0 Å². The fraction of sp³-hybridized carbons (Fsp3) is 1.00. The summed E-state index contributed by atoms with van der Waals surface area (Å²) in [7, 11) is 0. The smallest absolute Gasteiger partial charge is 0.00965 e. The van der Waals surface area contributed by atoms with Gasteiger partial charge in [0.15, 0.2) is 0 Å². The summed E-state index contributed by atoms with van der Waals surface area (Å²) in [6, 6.07) is 0.966. The molecule has 3 atom stereocenters. The molecule has 0 bridgehead atoms. The molecule has 4 rings (SSSR count). The Morgan fingerprint density at radius 1 is 0.778 bits per heavy atom. The van der Waals surface area contributed by atoms with Gasteiger partial charge < -0.3 is 9.80 Å². The fourth-order valence-electron chi connectivity index (χ4n) is 6.36. The van der Waals surface area contributed by atoms with Gasteiger partial charge in [-0.2, -0.15) is 0 Å². The first kappa shape index (κ1) is 20.2. The van der Waals surface area contributed by atoms with Crippen LogP contribution in [0.2, 0.25) is 0 Å². The first-order valence-electron chi connectivity index (χ1n) is 12.2. The molecule has 4 aliphatic rings. The minimum Gasteiger partial charge on any atom is -0.303 e. The van der Waals surface area contributed by atoms with E-state index in [1.807, 2.05) is 0 Å². The second-order valence-electron chi connectivity index (χ2n) is 12.5. The van der Waals surface area contributed by atoms with Gasteiger partial charge in [0.05, 0.1) is 0 Å². The lowest BCUT2D eigenvalue weighted by Gasteiger charge is -2.42. The van der Waals surface area contributed by atoms with Crippen molar-refractivity contribution in [2.45, 2.75) is 92.0 Å². The van der Waals surface area contributed by atoms with Crippen molar-refractivity contribution in [3.63, 3.8) is 0 Å². The van der Waals surface area contributed by atoms with E-state index in [2.05, 4.69) is 44.4 Å². The van der Waals surface area contributed by atoms with Gasteiger partial charge in [0, 0.05) is 19.1 Å². The lowest BCUT2D eigenvalue weighted by Crippen LogP contribution is -2.42. The molecule has 0 amide bonds. The van der Waals surface area contributed by atoms with Crippen LogP contribution in [0.5, 0.6) is 0 Å². The Morgan fingerprint density at radius 2 is 1.48 bits per heavy atom. The summed E-state index contributed by atoms with van der Waals surface area (Å²) in [6.07, 6.45) is 11.7. The van der Waals surface area contributed by atoms with E-state index >= 15 is 0 Å². The molecule has 2 nitrogen and oxygen atoms in total.